The van der Waals surface area contributed by atoms with Crippen LogP contribution in [0.15, 0.2) is 48.5 Å². The Kier molecular flexibility index (Phi) is 3.96. The van der Waals surface area contributed by atoms with E-state index in [0.717, 1.165) is 0 Å². The van der Waals surface area contributed by atoms with E-state index in [9.17, 15) is 29.7 Å². The average Bonchev–Trinajstić information content (AvgIpc) is 3.20. The van der Waals surface area contributed by atoms with E-state index in [4.69, 9.17) is 0 Å². The zero-order chi connectivity index (χ0) is 20.1. The van der Waals surface area contributed by atoms with Gasteiger partial charge in [-0.1, -0.05) is 18.2 Å². The largest absolute Gasteiger partial charge is 0.508 e. The molecule has 28 heavy (non-hydrogen) atoms. The van der Waals surface area contributed by atoms with Crippen LogP contribution < -0.4 is 5.32 Å². The van der Waals surface area contributed by atoms with Crippen LogP contribution in [0.3, 0.4) is 0 Å². The van der Waals surface area contributed by atoms with Crippen molar-refractivity contribution in [3.8, 4) is 17.2 Å². The fourth-order valence-corrected chi connectivity index (χ4v) is 4.01. The van der Waals surface area contributed by atoms with Gasteiger partial charge >= 0.3 is 0 Å². The minimum Gasteiger partial charge on any atom is -0.508 e. The van der Waals surface area contributed by atoms with Crippen molar-refractivity contribution in [2.45, 2.75) is 24.3 Å². The van der Waals surface area contributed by atoms with E-state index in [1.807, 2.05) is 0 Å². The van der Waals surface area contributed by atoms with E-state index in [1.54, 1.807) is 0 Å². The molecule has 1 heterocycles. The minimum absolute atomic E-state index is 0.0103. The summed E-state index contributed by atoms with van der Waals surface area (Å²) in [5.74, 6) is -1.97. The second-order valence-corrected chi connectivity index (χ2v) is 6.97. The molecule has 1 amide bonds. The van der Waals surface area contributed by atoms with Gasteiger partial charge in [-0.25, -0.2) is 0 Å². The Morgan fingerprint density at radius 3 is 2.25 bits per heavy atom. The molecule has 2 aromatic carbocycles. The molecular weight excluding hydrogens is 362 g/mol. The molecule has 7 heteroatoms. The number of aromatic hydroxyl groups is 3. The molecule has 1 saturated heterocycles. The van der Waals surface area contributed by atoms with Crippen molar-refractivity contribution < 1.29 is 29.7 Å². The van der Waals surface area contributed by atoms with Crippen LogP contribution in [0.4, 0.5) is 0 Å². The highest BCUT2D eigenvalue weighted by atomic mass is 16.3. The van der Waals surface area contributed by atoms with Gasteiger partial charge in [0.1, 0.15) is 11.2 Å². The van der Waals surface area contributed by atoms with Crippen molar-refractivity contribution in [2.75, 3.05) is 0 Å². The van der Waals surface area contributed by atoms with Crippen molar-refractivity contribution >= 4 is 23.0 Å². The van der Waals surface area contributed by atoms with Crippen molar-refractivity contribution in [3.05, 3.63) is 59.7 Å². The number of nitrogens with one attached hydrogen (secondary N) is 1. The highest BCUT2D eigenvalue weighted by Gasteiger charge is 2.58. The van der Waals surface area contributed by atoms with E-state index in [0.29, 0.717) is 17.5 Å². The van der Waals surface area contributed by atoms with Crippen LogP contribution in [-0.4, -0.2) is 38.8 Å². The molecule has 0 bridgehead atoms. The summed E-state index contributed by atoms with van der Waals surface area (Å²) in [5.41, 5.74) is -0.877. The normalized spacial score (nSPS) is 24.4. The first-order chi connectivity index (χ1) is 13.3. The van der Waals surface area contributed by atoms with Crippen LogP contribution in [0.25, 0.3) is 5.57 Å². The number of allylic oxidation sites excluding steroid dienone is 2. The lowest BCUT2D eigenvalue weighted by molar-refractivity contribution is -0.129. The molecule has 2 aliphatic rings. The number of carbonyl (C=O) groups is 3. The summed E-state index contributed by atoms with van der Waals surface area (Å²) >= 11 is 0. The van der Waals surface area contributed by atoms with Crippen LogP contribution >= 0.6 is 0 Å². The second-order valence-electron chi connectivity index (χ2n) is 6.97. The molecule has 4 N–H and O–H groups in total. The number of amides is 1. The summed E-state index contributed by atoms with van der Waals surface area (Å²) in [6.07, 6.45) is 1.74. The highest BCUT2D eigenvalue weighted by Crippen LogP contribution is 2.45. The Hall–Kier alpha value is -3.61. The first-order valence-corrected chi connectivity index (χ1v) is 8.76. The fraction of sp³-hybridized carbons (Fsp3) is 0.190. The maximum Gasteiger partial charge on any atom is 0.220 e. The van der Waals surface area contributed by atoms with Gasteiger partial charge in [-0.2, -0.15) is 0 Å². The van der Waals surface area contributed by atoms with Crippen LogP contribution in [0, 0.1) is 0 Å². The Morgan fingerprint density at radius 2 is 1.64 bits per heavy atom. The molecular formula is C21H17NO6. The SMILES string of the molecule is O=C1CC[C@H]([C@]2(c3ccc(O)cc3)C(=O)C=C(c3ccc(O)c(O)c3)C2=O)N1. The van der Waals surface area contributed by atoms with Gasteiger partial charge in [0.2, 0.25) is 5.91 Å². The summed E-state index contributed by atoms with van der Waals surface area (Å²) in [6.45, 7) is 0. The Morgan fingerprint density at radius 1 is 0.929 bits per heavy atom. The maximum atomic E-state index is 13.6. The highest BCUT2D eigenvalue weighted by molar-refractivity contribution is 6.43. The van der Waals surface area contributed by atoms with E-state index < -0.39 is 28.8 Å². The maximum absolute atomic E-state index is 13.6. The molecule has 1 aliphatic heterocycles. The zero-order valence-corrected chi connectivity index (χ0v) is 14.7. The number of hydrogen-bond acceptors (Lipinski definition) is 6. The van der Waals surface area contributed by atoms with Gasteiger partial charge in [-0.15, -0.1) is 0 Å². The van der Waals surface area contributed by atoms with Gasteiger partial charge in [0.05, 0.1) is 6.04 Å². The zero-order valence-electron chi connectivity index (χ0n) is 14.7. The van der Waals surface area contributed by atoms with Gasteiger partial charge in [0, 0.05) is 12.0 Å². The van der Waals surface area contributed by atoms with E-state index in [2.05, 4.69) is 5.32 Å². The molecule has 0 unspecified atom stereocenters. The lowest BCUT2D eigenvalue weighted by atomic mass is 9.69. The van der Waals surface area contributed by atoms with E-state index in [-0.39, 0.29) is 29.4 Å². The molecule has 1 fully saturated rings. The fourth-order valence-electron chi connectivity index (χ4n) is 4.01. The smallest absolute Gasteiger partial charge is 0.220 e. The first-order valence-electron chi connectivity index (χ1n) is 8.76. The van der Waals surface area contributed by atoms with Gasteiger partial charge in [0.15, 0.2) is 23.1 Å². The molecule has 2 aromatic rings. The van der Waals surface area contributed by atoms with Gasteiger partial charge in [0.25, 0.3) is 0 Å². The monoisotopic (exact) mass is 379 g/mol. The molecule has 0 saturated carbocycles. The van der Waals surface area contributed by atoms with Crippen LogP contribution in [-0.2, 0) is 19.8 Å². The number of benzene rings is 2. The molecule has 1 aliphatic carbocycles. The number of rotatable bonds is 3. The average molecular weight is 379 g/mol. The predicted molar refractivity (Wildman–Crippen MR) is 98.7 cm³/mol. The number of hydrogen-bond donors (Lipinski definition) is 4. The molecule has 4 rings (SSSR count). The molecule has 7 nitrogen and oxygen atoms in total. The van der Waals surface area contributed by atoms with Crippen molar-refractivity contribution in [1.29, 1.82) is 0 Å². The van der Waals surface area contributed by atoms with Crippen molar-refractivity contribution in [3.63, 3.8) is 0 Å². The third kappa shape index (κ3) is 2.47. The molecule has 2 atom stereocenters. The molecule has 0 aromatic heterocycles. The Balaban J connectivity index is 1.86. The summed E-state index contributed by atoms with van der Waals surface area (Å²) < 4.78 is 0. The summed E-state index contributed by atoms with van der Waals surface area (Å²) in [7, 11) is 0. The number of carbonyl (C=O) groups excluding carboxylic acids is 3. The third-order valence-corrected chi connectivity index (χ3v) is 5.39. The lowest BCUT2D eigenvalue weighted by Gasteiger charge is -2.33. The van der Waals surface area contributed by atoms with Gasteiger partial charge < -0.3 is 20.6 Å². The van der Waals surface area contributed by atoms with Crippen LogP contribution in [0.5, 0.6) is 17.2 Å². The number of Topliss-reactive ketones (excluding diaryl/α,β-unsaturated/α-hetero) is 1. The van der Waals surface area contributed by atoms with Crippen molar-refractivity contribution in [1.82, 2.24) is 5.32 Å². The van der Waals surface area contributed by atoms with E-state index >= 15 is 0 Å². The molecule has 142 valence electrons. The summed E-state index contributed by atoms with van der Waals surface area (Å²) in [4.78, 5) is 38.6. The predicted octanol–water partition coefficient (Wildman–Crippen LogP) is 1.56. The Labute approximate surface area is 159 Å². The summed E-state index contributed by atoms with van der Waals surface area (Å²) in [6, 6.07) is 8.95. The quantitative estimate of drug-likeness (QED) is 0.474. The van der Waals surface area contributed by atoms with E-state index in [1.165, 1.54) is 48.5 Å². The lowest BCUT2D eigenvalue weighted by Crippen LogP contribution is -2.54. The number of phenolic OH excluding ortho intramolecular Hbond substituents is 3. The Bertz CT molecular complexity index is 1040. The second kappa shape index (κ2) is 6.23. The molecule has 0 spiro atoms. The van der Waals surface area contributed by atoms with Gasteiger partial charge in [-0.05, 0) is 47.9 Å². The standard InChI is InChI=1S/C21H17NO6/c23-13-4-2-12(3-5-13)21(17-7-8-19(27)22-17)18(26)10-14(20(21)28)11-1-6-15(24)16(25)9-11/h1-6,9-10,17,23-25H,7-8H2,(H,22,27)/t17-,21-/m1/s1. The van der Waals surface area contributed by atoms with Crippen LogP contribution in [0.1, 0.15) is 24.0 Å². The number of ketones is 2. The third-order valence-electron chi connectivity index (χ3n) is 5.39. The van der Waals surface area contributed by atoms with Crippen LogP contribution in [0.2, 0.25) is 0 Å². The first kappa shape index (κ1) is 17.8. The minimum atomic E-state index is -1.64. The topological polar surface area (TPSA) is 124 Å². The van der Waals surface area contributed by atoms with Crippen molar-refractivity contribution in [2.24, 2.45) is 0 Å². The summed E-state index contributed by atoms with van der Waals surface area (Å²) in [5, 5.41) is 31.6. The number of phenols is 3. The van der Waals surface area contributed by atoms with Gasteiger partial charge in [-0.3, -0.25) is 14.4 Å². The molecule has 0 radical (unpaired) electrons.